The zero-order valence-corrected chi connectivity index (χ0v) is 32.5. The van der Waals surface area contributed by atoms with Gasteiger partial charge in [0.25, 0.3) is 28.9 Å². The summed E-state index contributed by atoms with van der Waals surface area (Å²) in [4.78, 5) is 111. The van der Waals surface area contributed by atoms with Crippen molar-refractivity contribution in [3.8, 4) is 0 Å². The quantitative estimate of drug-likeness (QED) is 0.0423. The van der Waals surface area contributed by atoms with Crippen molar-refractivity contribution in [3.05, 3.63) is 91.0 Å². The van der Waals surface area contributed by atoms with Crippen LogP contribution in [0, 0.1) is 26.1 Å². The van der Waals surface area contributed by atoms with Gasteiger partial charge in [0.1, 0.15) is 36.2 Å². The molecule has 3 aliphatic rings. The Morgan fingerprint density at radius 3 is 2.21 bits per heavy atom. The maximum absolute atomic E-state index is 13.9. The molecule has 0 bridgehead atoms. The van der Waals surface area contributed by atoms with Crippen LogP contribution in [0.5, 0.6) is 0 Å². The average Bonchev–Trinajstić information content (AvgIpc) is 3.80. The number of anilines is 1. The minimum absolute atomic E-state index is 0.0277. The SMILES string of the molecule is CC(C)(O/N=C(\C(=O)N[C@@H]1C(=O)N2[C@@H]1SC[C@@H]1CC(=O)O[C@@]12C(=O)OCc1ccc([N+](=O)[O-])cc1)c1csc(NC(=O)CCl)n1)C(=O)OCc1ccc([N+](=O)[O-])cc1. The number of hydrogen-bond donors (Lipinski definition) is 2. The number of nitrogens with one attached hydrogen (secondary N) is 2. The van der Waals surface area contributed by atoms with Crippen LogP contribution in [0.3, 0.4) is 0 Å². The van der Waals surface area contributed by atoms with Crippen LogP contribution in [0.15, 0.2) is 59.1 Å². The number of ether oxygens (including phenoxy) is 3. The number of non-ortho nitro benzene ring substituents is 2. The monoisotopic (exact) mass is 859 g/mol. The Morgan fingerprint density at radius 2 is 1.62 bits per heavy atom. The molecule has 3 amide bonds. The molecule has 24 heteroatoms. The van der Waals surface area contributed by atoms with Gasteiger partial charge in [0, 0.05) is 41.3 Å². The van der Waals surface area contributed by atoms with Crippen molar-refractivity contribution in [1.82, 2.24) is 15.2 Å². The Hall–Kier alpha value is -6.20. The lowest BCUT2D eigenvalue weighted by atomic mass is 9.89. The molecule has 4 heterocycles. The van der Waals surface area contributed by atoms with E-state index in [0.717, 1.165) is 16.2 Å². The van der Waals surface area contributed by atoms with E-state index < -0.39 is 85.7 Å². The van der Waals surface area contributed by atoms with Crippen molar-refractivity contribution in [3.63, 3.8) is 0 Å². The summed E-state index contributed by atoms with van der Waals surface area (Å²) in [6, 6.07) is 9.20. The minimum Gasteiger partial charge on any atom is -0.458 e. The summed E-state index contributed by atoms with van der Waals surface area (Å²) < 4.78 is 16.3. The summed E-state index contributed by atoms with van der Waals surface area (Å²) in [5.74, 6) is -6.19. The van der Waals surface area contributed by atoms with Gasteiger partial charge in [-0.15, -0.1) is 34.7 Å². The van der Waals surface area contributed by atoms with Gasteiger partial charge in [-0.3, -0.25) is 44.3 Å². The molecule has 3 fully saturated rings. The van der Waals surface area contributed by atoms with E-state index in [4.69, 9.17) is 30.6 Å². The second-order valence-electron chi connectivity index (χ2n) is 13.2. The fourth-order valence-electron chi connectivity index (χ4n) is 5.90. The fourth-order valence-corrected chi connectivity index (χ4v) is 8.24. The van der Waals surface area contributed by atoms with Gasteiger partial charge >= 0.3 is 17.9 Å². The van der Waals surface area contributed by atoms with Gasteiger partial charge in [-0.2, -0.15) is 0 Å². The molecule has 58 heavy (non-hydrogen) atoms. The molecule has 4 atom stereocenters. The lowest BCUT2D eigenvalue weighted by molar-refractivity contribution is -0.385. The summed E-state index contributed by atoms with van der Waals surface area (Å²) in [6.07, 6.45) is -0.195. The summed E-state index contributed by atoms with van der Waals surface area (Å²) in [6.45, 7) is 1.95. The third kappa shape index (κ3) is 8.40. The number of fused-ring (bicyclic) bond motifs is 3. The van der Waals surface area contributed by atoms with Crippen LogP contribution in [0.1, 0.15) is 37.1 Å². The van der Waals surface area contributed by atoms with Crippen LogP contribution >= 0.6 is 34.7 Å². The van der Waals surface area contributed by atoms with Gasteiger partial charge in [-0.05, 0) is 49.2 Å². The van der Waals surface area contributed by atoms with Crippen molar-refractivity contribution >= 4 is 92.5 Å². The second kappa shape index (κ2) is 16.7. The highest BCUT2D eigenvalue weighted by Gasteiger charge is 2.72. The topological polar surface area (TPSA) is 278 Å². The van der Waals surface area contributed by atoms with E-state index in [9.17, 15) is 49.0 Å². The number of carbonyl (C=O) groups excluding carboxylic acids is 6. The van der Waals surface area contributed by atoms with Crippen molar-refractivity contribution in [2.45, 2.75) is 56.2 Å². The van der Waals surface area contributed by atoms with Gasteiger partial charge in [0.05, 0.1) is 16.3 Å². The van der Waals surface area contributed by atoms with Gasteiger partial charge in [-0.1, -0.05) is 5.16 Å². The van der Waals surface area contributed by atoms with Crippen molar-refractivity contribution in [2.24, 2.45) is 11.1 Å². The largest absolute Gasteiger partial charge is 0.458 e. The molecular weight excluding hydrogens is 830 g/mol. The van der Waals surface area contributed by atoms with Crippen molar-refractivity contribution < 1.29 is 57.7 Å². The Bertz CT molecular complexity index is 2220. The number of β-lactam (4-membered cyclic amide) rings is 1. The Kier molecular flexibility index (Phi) is 11.9. The van der Waals surface area contributed by atoms with Gasteiger partial charge < -0.3 is 29.7 Å². The van der Waals surface area contributed by atoms with E-state index >= 15 is 0 Å². The zero-order chi connectivity index (χ0) is 41.9. The molecule has 2 aromatic carbocycles. The third-order valence-electron chi connectivity index (χ3n) is 8.90. The molecule has 0 radical (unpaired) electrons. The van der Waals surface area contributed by atoms with E-state index in [0.29, 0.717) is 11.1 Å². The van der Waals surface area contributed by atoms with Crippen molar-refractivity contribution in [1.29, 1.82) is 0 Å². The maximum atomic E-state index is 13.9. The molecule has 3 saturated heterocycles. The number of nitro groups is 2. The number of halogens is 1. The number of nitrogens with zero attached hydrogens (tertiary/aromatic N) is 5. The fraction of sp³-hybridized carbons (Fsp3) is 0.353. The predicted octanol–water partition coefficient (Wildman–Crippen LogP) is 2.78. The molecular formula is C34H30ClN7O14S2. The van der Waals surface area contributed by atoms with Crippen LogP contribution in [-0.4, -0.2) is 95.4 Å². The van der Waals surface area contributed by atoms with Crippen LogP contribution in [0.2, 0.25) is 0 Å². The van der Waals surface area contributed by atoms with Crippen LogP contribution in [-0.2, 0) is 61.0 Å². The summed E-state index contributed by atoms with van der Waals surface area (Å²) >= 11 is 7.66. The number of nitro benzene ring substituents is 2. The second-order valence-corrected chi connectivity index (χ2v) is 15.5. The van der Waals surface area contributed by atoms with Gasteiger partial charge in [0.15, 0.2) is 10.8 Å². The molecule has 0 spiro atoms. The highest BCUT2D eigenvalue weighted by atomic mass is 35.5. The molecule has 6 rings (SSSR count). The smallest absolute Gasteiger partial charge is 0.373 e. The lowest BCUT2D eigenvalue weighted by Gasteiger charge is -2.56. The first-order valence-corrected chi connectivity index (χ1v) is 19.4. The number of aromatic nitrogens is 1. The number of carbonyl (C=O) groups is 6. The van der Waals surface area contributed by atoms with E-state index in [2.05, 4.69) is 20.8 Å². The first-order valence-electron chi connectivity index (χ1n) is 16.9. The Morgan fingerprint density at radius 1 is 1.02 bits per heavy atom. The predicted molar refractivity (Wildman–Crippen MR) is 201 cm³/mol. The number of oxime groups is 1. The number of thioether (sulfide) groups is 1. The number of amides is 3. The number of rotatable bonds is 15. The number of alkyl halides is 1. The van der Waals surface area contributed by atoms with Gasteiger partial charge in [0.2, 0.25) is 11.5 Å². The summed E-state index contributed by atoms with van der Waals surface area (Å²) in [5, 5.41) is 31.3. The van der Waals surface area contributed by atoms with E-state index in [1.54, 1.807) is 0 Å². The lowest BCUT2D eigenvalue weighted by Crippen LogP contribution is -2.80. The highest BCUT2D eigenvalue weighted by Crippen LogP contribution is 2.51. The number of esters is 3. The first kappa shape index (κ1) is 41.4. The average molecular weight is 860 g/mol. The van der Waals surface area contributed by atoms with E-state index in [1.165, 1.54) is 79.5 Å². The van der Waals surface area contributed by atoms with Gasteiger partial charge in [-0.25, -0.2) is 14.6 Å². The molecule has 0 unspecified atom stereocenters. The molecule has 2 N–H and O–H groups in total. The molecule has 0 aliphatic carbocycles. The number of hydrogen-bond acceptors (Lipinski definition) is 18. The maximum Gasteiger partial charge on any atom is 0.373 e. The summed E-state index contributed by atoms with van der Waals surface area (Å²) in [7, 11) is 0. The number of benzene rings is 2. The van der Waals surface area contributed by atoms with Crippen LogP contribution in [0.25, 0.3) is 0 Å². The van der Waals surface area contributed by atoms with Crippen molar-refractivity contribution in [2.75, 3.05) is 16.9 Å². The van der Waals surface area contributed by atoms with E-state index in [1.807, 2.05) is 0 Å². The zero-order valence-electron chi connectivity index (χ0n) is 30.1. The van der Waals surface area contributed by atoms with Crippen LogP contribution in [0.4, 0.5) is 16.5 Å². The standard InChI is InChI=1S/C34H30ClN7O14S2/c1-33(2,30(47)53-13-17-3-7-20(8-4-17)41(49)50)56-39-25(22-16-58-32(36-22)37-23(43)12-35)27(45)38-26-28(46)40-29(26)57-15-19-11-24(44)55-34(19,40)31(48)54-14-18-5-9-21(10-6-18)42(51)52/h3-10,16,19,26,29H,11-15H2,1-2H3,(H,38,45)(H,36,37,43)/b39-25-/t19-,26+,29+,34+/m0/s1. The molecule has 3 aromatic rings. The third-order valence-corrected chi connectivity index (χ3v) is 11.3. The normalized spacial score (nSPS) is 21.1. The molecule has 1 aromatic heterocycles. The van der Waals surface area contributed by atoms with E-state index in [-0.39, 0.29) is 47.6 Å². The molecule has 304 valence electrons. The molecule has 3 aliphatic heterocycles. The highest BCUT2D eigenvalue weighted by molar-refractivity contribution is 8.00. The number of thiazole rings is 1. The van der Waals surface area contributed by atoms with Crippen LogP contribution < -0.4 is 10.6 Å². The Labute approximate surface area is 339 Å². The summed E-state index contributed by atoms with van der Waals surface area (Å²) in [5.41, 5.74) is -4.16. The molecule has 0 saturated carbocycles. The minimum atomic E-state index is -2.14. The first-order chi connectivity index (χ1) is 27.5. The Balaban J connectivity index is 1.18. The molecule has 21 nitrogen and oxygen atoms in total.